The molecule has 6 nitrogen and oxygen atoms in total. The molecule has 0 fully saturated rings. The van der Waals surface area contributed by atoms with Gasteiger partial charge in [-0.3, -0.25) is 9.67 Å². The number of hydrogen-bond acceptors (Lipinski definition) is 6. The minimum atomic E-state index is -4.53. The molecule has 0 radical (unpaired) electrons. The van der Waals surface area contributed by atoms with E-state index in [2.05, 4.69) is 26.9 Å². The van der Waals surface area contributed by atoms with E-state index in [0.29, 0.717) is 33.1 Å². The van der Waals surface area contributed by atoms with E-state index < -0.39 is 17.7 Å². The van der Waals surface area contributed by atoms with Gasteiger partial charge in [-0.2, -0.15) is 18.3 Å². The minimum absolute atomic E-state index is 0.221. The molecular weight excluding hydrogens is 477 g/mol. The lowest BCUT2D eigenvalue weighted by Crippen LogP contribution is -2.05. The fraction of sp³-hybridized carbons (Fsp3) is 0.200. The number of rotatable bonds is 5. The molecule has 0 N–H and O–H groups in total. The number of nitrogens with zero attached hydrogens (tertiary/aromatic N) is 4. The topological polar surface area (TPSA) is 69.9 Å². The predicted octanol–water partition coefficient (Wildman–Crippen LogP) is 5.35. The first-order chi connectivity index (χ1) is 16.7. The third-order valence-corrected chi connectivity index (χ3v) is 5.73. The van der Waals surface area contributed by atoms with Crippen molar-refractivity contribution < 1.29 is 22.7 Å². The molecule has 3 heterocycles. The summed E-state index contributed by atoms with van der Waals surface area (Å²) in [4.78, 5) is 20.4. The van der Waals surface area contributed by atoms with Crippen LogP contribution in [0.2, 0.25) is 0 Å². The highest BCUT2D eigenvalue weighted by molar-refractivity contribution is 7.09. The number of carbonyl (C=O) groups excluding carboxylic acids is 1. The van der Waals surface area contributed by atoms with Crippen molar-refractivity contribution in [2.24, 2.45) is 0 Å². The maximum atomic E-state index is 13.6. The van der Waals surface area contributed by atoms with Crippen LogP contribution in [0.15, 0.2) is 54.3 Å². The number of pyridine rings is 1. The molecule has 0 amide bonds. The number of thiazole rings is 1. The normalized spacial score (nSPS) is 11.1. The highest BCUT2D eigenvalue weighted by Gasteiger charge is 2.31. The van der Waals surface area contributed by atoms with E-state index in [0.717, 1.165) is 12.1 Å². The van der Waals surface area contributed by atoms with Crippen LogP contribution in [-0.4, -0.2) is 32.3 Å². The molecule has 4 rings (SSSR count). The summed E-state index contributed by atoms with van der Waals surface area (Å²) in [6, 6.07) is 7.15. The molecule has 3 aromatic heterocycles. The van der Waals surface area contributed by atoms with Gasteiger partial charge in [0.1, 0.15) is 5.01 Å². The summed E-state index contributed by atoms with van der Waals surface area (Å²) >= 11 is 1.28. The largest absolute Gasteiger partial charge is 0.462 e. The summed E-state index contributed by atoms with van der Waals surface area (Å²) in [6.07, 6.45) is 0.0311. The average Bonchev–Trinajstić information content (AvgIpc) is 3.48. The molecule has 0 bridgehead atoms. The van der Waals surface area contributed by atoms with Gasteiger partial charge in [-0.1, -0.05) is 11.8 Å². The second-order valence-corrected chi connectivity index (χ2v) is 8.40. The van der Waals surface area contributed by atoms with Gasteiger partial charge >= 0.3 is 12.1 Å². The second-order valence-electron chi connectivity index (χ2n) is 7.46. The first-order valence-electron chi connectivity index (χ1n) is 10.5. The fourth-order valence-electron chi connectivity index (χ4n) is 3.19. The van der Waals surface area contributed by atoms with Crippen LogP contribution in [0, 0.1) is 18.8 Å². The second kappa shape index (κ2) is 10.1. The molecule has 0 saturated heterocycles. The average molecular weight is 497 g/mol. The molecule has 0 spiro atoms. The zero-order valence-corrected chi connectivity index (χ0v) is 19.6. The van der Waals surface area contributed by atoms with Crippen LogP contribution in [-0.2, 0) is 17.5 Å². The lowest BCUT2D eigenvalue weighted by atomic mass is 10.0. The number of hydrogen-bond donors (Lipinski definition) is 0. The van der Waals surface area contributed by atoms with E-state index in [-0.39, 0.29) is 18.7 Å². The van der Waals surface area contributed by atoms with Crippen molar-refractivity contribution in [1.82, 2.24) is 19.7 Å². The fourth-order valence-corrected chi connectivity index (χ4v) is 3.99. The molecule has 0 atom stereocenters. The van der Waals surface area contributed by atoms with E-state index in [1.54, 1.807) is 43.6 Å². The maximum absolute atomic E-state index is 13.6. The van der Waals surface area contributed by atoms with Crippen molar-refractivity contribution in [3.8, 4) is 23.1 Å². The van der Waals surface area contributed by atoms with Gasteiger partial charge in [0.2, 0.25) is 0 Å². The summed E-state index contributed by atoms with van der Waals surface area (Å²) in [7, 11) is 0. The van der Waals surface area contributed by atoms with Gasteiger partial charge in [-0.05, 0) is 44.2 Å². The quantitative estimate of drug-likeness (QED) is 0.275. The molecule has 0 aliphatic carbocycles. The van der Waals surface area contributed by atoms with E-state index >= 15 is 0 Å². The smallest absolute Gasteiger partial charge is 0.416 e. The first kappa shape index (κ1) is 24.2. The summed E-state index contributed by atoms with van der Waals surface area (Å²) in [5.41, 5.74) is 1.77. The SMILES string of the molecule is CCOC(=O)c1cnn(Cc2nc(-c3cc(C#Cc4cccnc4C)cc(C(F)(F)F)c3)cs2)c1. The first-order valence-corrected chi connectivity index (χ1v) is 11.4. The number of benzene rings is 1. The Morgan fingerprint density at radius 2 is 2.06 bits per heavy atom. The number of halogens is 3. The lowest BCUT2D eigenvalue weighted by molar-refractivity contribution is -0.137. The van der Waals surface area contributed by atoms with Crippen LogP contribution in [0.3, 0.4) is 0 Å². The van der Waals surface area contributed by atoms with Crippen molar-refractivity contribution in [2.45, 2.75) is 26.6 Å². The molecule has 0 aliphatic rings. The maximum Gasteiger partial charge on any atom is 0.416 e. The van der Waals surface area contributed by atoms with Crippen molar-refractivity contribution in [2.75, 3.05) is 6.61 Å². The van der Waals surface area contributed by atoms with Crippen LogP contribution in [0.25, 0.3) is 11.3 Å². The van der Waals surface area contributed by atoms with Gasteiger partial charge in [0.05, 0.1) is 41.9 Å². The zero-order valence-electron chi connectivity index (χ0n) is 18.8. The van der Waals surface area contributed by atoms with Crippen molar-refractivity contribution in [3.05, 3.63) is 87.3 Å². The number of ether oxygens (including phenoxy) is 1. The summed E-state index contributed by atoms with van der Waals surface area (Å²) in [6.45, 7) is 4.01. The molecule has 35 heavy (non-hydrogen) atoms. The predicted molar refractivity (Wildman–Crippen MR) is 125 cm³/mol. The molecular formula is C25H19F3N4O2S. The summed E-state index contributed by atoms with van der Waals surface area (Å²) < 4.78 is 47.2. The Hall–Kier alpha value is -3.97. The molecule has 0 unspecified atom stereocenters. The van der Waals surface area contributed by atoms with Crippen LogP contribution >= 0.6 is 11.3 Å². The number of alkyl halides is 3. The van der Waals surface area contributed by atoms with Gasteiger partial charge in [-0.25, -0.2) is 9.78 Å². The molecule has 0 aliphatic heterocycles. The van der Waals surface area contributed by atoms with Gasteiger partial charge in [0.15, 0.2) is 0 Å². The number of carbonyl (C=O) groups is 1. The van der Waals surface area contributed by atoms with E-state index in [1.807, 2.05) is 0 Å². The van der Waals surface area contributed by atoms with E-state index in [4.69, 9.17) is 4.74 Å². The van der Waals surface area contributed by atoms with Gasteiger partial charge in [0.25, 0.3) is 0 Å². The summed E-state index contributed by atoms with van der Waals surface area (Å²) in [5.74, 6) is 5.25. The standard InChI is InChI=1S/C25H19F3N4O2S/c1-3-34-24(33)20-12-30-32(13-20)14-23-31-22(15-35-23)19-9-17(10-21(11-19)25(26,27)28)6-7-18-5-4-8-29-16(18)2/h4-5,8-13,15H,3,14H2,1-2H3. The Bertz CT molecular complexity index is 1430. The van der Waals surface area contributed by atoms with Gasteiger partial charge < -0.3 is 4.74 Å². The molecule has 4 aromatic rings. The Labute approximate surface area is 203 Å². The monoisotopic (exact) mass is 496 g/mol. The third kappa shape index (κ3) is 5.94. The van der Waals surface area contributed by atoms with Crippen LogP contribution in [0.5, 0.6) is 0 Å². The zero-order chi connectivity index (χ0) is 25.0. The summed E-state index contributed by atoms with van der Waals surface area (Å²) in [5, 5.41) is 6.43. The van der Waals surface area contributed by atoms with Crippen LogP contribution in [0.4, 0.5) is 13.2 Å². The van der Waals surface area contributed by atoms with E-state index in [9.17, 15) is 18.0 Å². The Morgan fingerprint density at radius 3 is 2.80 bits per heavy atom. The van der Waals surface area contributed by atoms with Crippen molar-refractivity contribution in [3.63, 3.8) is 0 Å². The van der Waals surface area contributed by atoms with Gasteiger partial charge in [0, 0.05) is 34.5 Å². The highest BCUT2D eigenvalue weighted by atomic mass is 32.1. The Kier molecular flexibility index (Phi) is 6.98. The third-order valence-electron chi connectivity index (χ3n) is 4.90. The minimum Gasteiger partial charge on any atom is -0.462 e. The number of esters is 1. The highest BCUT2D eigenvalue weighted by Crippen LogP contribution is 2.34. The van der Waals surface area contributed by atoms with E-state index in [1.165, 1.54) is 28.4 Å². The van der Waals surface area contributed by atoms with Crippen molar-refractivity contribution >= 4 is 17.3 Å². The Morgan fingerprint density at radius 1 is 1.23 bits per heavy atom. The Balaban J connectivity index is 1.62. The molecule has 10 heteroatoms. The van der Waals surface area contributed by atoms with Gasteiger partial charge in [-0.15, -0.1) is 11.3 Å². The van der Waals surface area contributed by atoms with Crippen LogP contribution < -0.4 is 0 Å². The van der Waals surface area contributed by atoms with Crippen molar-refractivity contribution in [1.29, 1.82) is 0 Å². The number of aromatic nitrogens is 4. The number of aryl methyl sites for hydroxylation is 1. The molecule has 0 saturated carbocycles. The molecule has 178 valence electrons. The van der Waals surface area contributed by atoms with Crippen LogP contribution in [0.1, 0.15) is 44.7 Å². The molecule has 1 aromatic carbocycles. The lowest BCUT2D eigenvalue weighted by Gasteiger charge is -2.09.